The normalized spacial score (nSPS) is 9.23. The lowest BCUT2D eigenvalue weighted by atomic mass is 9.97. The average Bonchev–Trinajstić information content (AvgIpc) is 2.59. The molecule has 0 aliphatic rings. The van der Waals surface area contributed by atoms with Gasteiger partial charge in [-0.2, -0.15) is 10.5 Å². The molecule has 0 amide bonds. The highest BCUT2D eigenvalue weighted by Gasteiger charge is 2.09. The van der Waals surface area contributed by atoms with Crippen molar-refractivity contribution >= 4 is 12.0 Å². The van der Waals surface area contributed by atoms with Crippen LogP contribution in [-0.4, -0.2) is 13.1 Å². The number of nitriles is 2. The molecule has 0 atom stereocenters. The first kappa shape index (κ1) is 15.0. The van der Waals surface area contributed by atoms with E-state index < -0.39 is 5.97 Å². The fourth-order valence-corrected chi connectivity index (χ4v) is 2.06. The molecule has 0 fully saturated rings. The van der Waals surface area contributed by atoms with Crippen molar-refractivity contribution in [3.63, 3.8) is 0 Å². The maximum atomic E-state index is 11.6. The van der Waals surface area contributed by atoms with E-state index in [1.807, 2.05) is 42.5 Å². The molecular weight excluding hydrogens is 276 g/mol. The minimum Gasteiger partial charge on any atom is -0.465 e. The third-order valence-electron chi connectivity index (χ3n) is 3.10. The van der Waals surface area contributed by atoms with Crippen LogP contribution in [0.1, 0.15) is 15.9 Å². The number of allylic oxidation sites excluding steroid dienone is 1. The maximum absolute atomic E-state index is 11.6. The summed E-state index contributed by atoms with van der Waals surface area (Å²) in [6, 6.07) is 18.1. The Morgan fingerprint density at radius 2 is 1.82 bits per heavy atom. The molecule has 22 heavy (non-hydrogen) atoms. The molecule has 2 rings (SSSR count). The summed E-state index contributed by atoms with van der Waals surface area (Å²) in [6.45, 7) is 0. The van der Waals surface area contributed by atoms with Crippen LogP contribution < -0.4 is 0 Å². The number of carbonyl (C=O) groups is 1. The van der Waals surface area contributed by atoms with Gasteiger partial charge in [-0.1, -0.05) is 36.4 Å². The molecule has 0 aliphatic carbocycles. The van der Waals surface area contributed by atoms with Crippen LogP contribution >= 0.6 is 0 Å². The molecule has 2 aromatic rings. The highest BCUT2D eigenvalue weighted by atomic mass is 16.5. The average molecular weight is 288 g/mol. The van der Waals surface area contributed by atoms with E-state index in [0.29, 0.717) is 5.56 Å². The van der Waals surface area contributed by atoms with Crippen LogP contribution in [0.2, 0.25) is 0 Å². The molecule has 0 unspecified atom stereocenters. The lowest BCUT2D eigenvalue weighted by Crippen LogP contribution is -2.00. The van der Waals surface area contributed by atoms with Gasteiger partial charge < -0.3 is 4.74 Å². The molecule has 0 spiro atoms. The van der Waals surface area contributed by atoms with Gasteiger partial charge >= 0.3 is 5.97 Å². The third kappa shape index (κ3) is 3.20. The number of hydrogen-bond acceptors (Lipinski definition) is 4. The van der Waals surface area contributed by atoms with Crippen LogP contribution in [-0.2, 0) is 4.74 Å². The summed E-state index contributed by atoms with van der Waals surface area (Å²) in [6.07, 6.45) is 1.53. The fourth-order valence-electron chi connectivity index (χ4n) is 2.06. The first-order chi connectivity index (χ1) is 10.7. The van der Waals surface area contributed by atoms with E-state index >= 15 is 0 Å². The Morgan fingerprint density at radius 1 is 1.09 bits per heavy atom. The van der Waals surface area contributed by atoms with E-state index in [1.54, 1.807) is 18.2 Å². The van der Waals surface area contributed by atoms with Crippen LogP contribution in [0.4, 0.5) is 0 Å². The molecule has 0 radical (unpaired) electrons. The summed E-state index contributed by atoms with van der Waals surface area (Å²) in [5.41, 5.74) is 2.85. The van der Waals surface area contributed by atoms with Crippen LogP contribution in [0.15, 0.2) is 54.1 Å². The van der Waals surface area contributed by atoms with Crippen LogP contribution in [0.25, 0.3) is 17.2 Å². The molecule has 0 N–H and O–H groups in total. The van der Waals surface area contributed by atoms with Gasteiger partial charge in [-0.05, 0) is 34.9 Å². The second-order valence-electron chi connectivity index (χ2n) is 4.44. The Hall–Kier alpha value is -3.37. The summed E-state index contributed by atoms with van der Waals surface area (Å²) in [5, 5.41) is 17.8. The van der Waals surface area contributed by atoms with E-state index in [-0.39, 0.29) is 5.57 Å². The zero-order valence-corrected chi connectivity index (χ0v) is 11.9. The second kappa shape index (κ2) is 6.88. The summed E-state index contributed by atoms with van der Waals surface area (Å²) in [4.78, 5) is 11.6. The lowest BCUT2D eigenvalue weighted by molar-refractivity contribution is 0.0601. The number of benzene rings is 2. The molecule has 4 heteroatoms. The van der Waals surface area contributed by atoms with Crippen LogP contribution in [0, 0.1) is 22.7 Å². The molecule has 106 valence electrons. The molecule has 0 saturated heterocycles. The summed E-state index contributed by atoms with van der Waals surface area (Å²) in [7, 11) is 1.33. The zero-order valence-electron chi connectivity index (χ0n) is 11.9. The zero-order chi connectivity index (χ0) is 15.9. The Morgan fingerprint density at radius 3 is 2.50 bits per heavy atom. The van der Waals surface area contributed by atoms with Crippen molar-refractivity contribution in [2.24, 2.45) is 0 Å². The van der Waals surface area contributed by atoms with Gasteiger partial charge in [-0.15, -0.1) is 0 Å². The van der Waals surface area contributed by atoms with Crippen molar-refractivity contribution in [3.8, 4) is 23.3 Å². The Labute approximate surface area is 128 Å². The number of nitrogens with zero attached hydrogens (tertiary/aromatic N) is 2. The minimum atomic E-state index is -0.412. The number of methoxy groups -OCH3 is 1. The van der Waals surface area contributed by atoms with E-state index in [0.717, 1.165) is 16.7 Å². The first-order valence-corrected chi connectivity index (χ1v) is 6.49. The SMILES string of the molecule is COC(=O)c1cccc(-c2ccccc2C=C(C#N)C#N)c1. The van der Waals surface area contributed by atoms with Gasteiger partial charge in [0, 0.05) is 0 Å². The molecule has 2 aromatic carbocycles. The topological polar surface area (TPSA) is 73.9 Å². The van der Waals surface area contributed by atoms with Crippen molar-refractivity contribution < 1.29 is 9.53 Å². The molecule has 0 aromatic heterocycles. The molecule has 4 nitrogen and oxygen atoms in total. The highest BCUT2D eigenvalue weighted by Crippen LogP contribution is 2.26. The van der Waals surface area contributed by atoms with Crippen LogP contribution in [0.3, 0.4) is 0 Å². The van der Waals surface area contributed by atoms with Gasteiger partial charge in [0.25, 0.3) is 0 Å². The molecule has 0 bridgehead atoms. The minimum absolute atomic E-state index is 0.0246. The predicted octanol–water partition coefficient (Wildman–Crippen LogP) is 3.57. The smallest absolute Gasteiger partial charge is 0.337 e. The monoisotopic (exact) mass is 288 g/mol. The van der Waals surface area contributed by atoms with Gasteiger partial charge in [0.2, 0.25) is 0 Å². The fraction of sp³-hybridized carbons (Fsp3) is 0.0556. The predicted molar refractivity (Wildman–Crippen MR) is 82.4 cm³/mol. The molecule has 0 aliphatic heterocycles. The summed E-state index contributed by atoms with van der Waals surface area (Å²) >= 11 is 0. The largest absolute Gasteiger partial charge is 0.465 e. The first-order valence-electron chi connectivity index (χ1n) is 6.49. The second-order valence-corrected chi connectivity index (χ2v) is 4.44. The number of hydrogen-bond donors (Lipinski definition) is 0. The van der Waals surface area contributed by atoms with Gasteiger partial charge in [0.05, 0.1) is 12.7 Å². The summed E-state index contributed by atoms with van der Waals surface area (Å²) < 4.78 is 4.72. The number of carbonyl (C=O) groups excluding carboxylic acids is 1. The van der Waals surface area contributed by atoms with Crippen LogP contribution in [0.5, 0.6) is 0 Å². The molecular formula is C18H12N2O2. The number of rotatable bonds is 3. The van der Waals surface area contributed by atoms with Crippen molar-refractivity contribution in [3.05, 3.63) is 65.2 Å². The van der Waals surface area contributed by atoms with Crippen molar-refractivity contribution in [1.29, 1.82) is 10.5 Å². The molecule has 0 heterocycles. The summed E-state index contributed by atoms with van der Waals surface area (Å²) in [5.74, 6) is -0.412. The third-order valence-corrected chi connectivity index (χ3v) is 3.10. The Bertz CT molecular complexity index is 807. The van der Waals surface area contributed by atoms with E-state index in [2.05, 4.69) is 0 Å². The van der Waals surface area contributed by atoms with Gasteiger partial charge in [0.15, 0.2) is 0 Å². The van der Waals surface area contributed by atoms with Crippen molar-refractivity contribution in [1.82, 2.24) is 0 Å². The quantitative estimate of drug-likeness (QED) is 0.639. The van der Waals surface area contributed by atoms with Gasteiger partial charge in [0.1, 0.15) is 17.7 Å². The van der Waals surface area contributed by atoms with Crippen molar-refractivity contribution in [2.45, 2.75) is 0 Å². The maximum Gasteiger partial charge on any atom is 0.337 e. The van der Waals surface area contributed by atoms with E-state index in [4.69, 9.17) is 15.3 Å². The lowest BCUT2D eigenvalue weighted by Gasteiger charge is -2.08. The van der Waals surface area contributed by atoms with Gasteiger partial charge in [-0.25, -0.2) is 4.79 Å². The standard InChI is InChI=1S/C18H12N2O2/c1-22-18(21)16-7-4-6-15(10-16)17-8-3-2-5-14(17)9-13(11-19)12-20/h2-10H,1H3. The Kier molecular flexibility index (Phi) is 4.70. The van der Waals surface area contributed by atoms with Gasteiger partial charge in [-0.3, -0.25) is 0 Å². The Balaban J connectivity index is 2.56. The van der Waals surface area contributed by atoms with E-state index in [9.17, 15) is 4.79 Å². The van der Waals surface area contributed by atoms with Crippen molar-refractivity contribution in [2.75, 3.05) is 7.11 Å². The van der Waals surface area contributed by atoms with E-state index in [1.165, 1.54) is 13.2 Å². The molecule has 0 saturated carbocycles. The highest BCUT2D eigenvalue weighted by molar-refractivity contribution is 5.91. The number of ether oxygens (including phenoxy) is 1. The number of esters is 1.